The Morgan fingerprint density at radius 3 is 2.67 bits per heavy atom. The molecule has 0 radical (unpaired) electrons. The molecule has 112 valence electrons. The van der Waals surface area contributed by atoms with Crippen LogP contribution in [0.5, 0.6) is 5.75 Å². The Kier molecular flexibility index (Phi) is 5.58. The van der Waals surface area contributed by atoms with Gasteiger partial charge in [0.05, 0.1) is 13.2 Å². The first kappa shape index (κ1) is 15.3. The molecule has 0 aromatic heterocycles. The van der Waals surface area contributed by atoms with E-state index in [2.05, 4.69) is 17.4 Å². The Balaban J connectivity index is 1.90. The number of nitrogens with one attached hydrogen (secondary N) is 1. The number of benzene rings is 2. The van der Waals surface area contributed by atoms with Gasteiger partial charge in [-0.3, -0.25) is 4.79 Å². The number of likely N-dealkylation sites (N-methyl/N-ethyl adjacent to an activating group) is 1. The van der Waals surface area contributed by atoms with E-state index >= 15 is 0 Å². The summed E-state index contributed by atoms with van der Waals surface area (Å²) in [4.78, 5) is 11.7. The number of carbonyl (C=O) groups excluding carboxylic acids is 1. The first-order chi connectivity index (χ1) is 10.2. The van der Waals surface area contributed by atoms with Crippen LogP contribution >= 0.6 is 0 Å². The lowest BCUT2D eigenvalue weighted by molar-refractivity contribution is -0.145. The smallest absolute Gasteiger partial charge is 0.323 e. The number of carbonyl (C=O) groups is 1. The van der Waals surface area contributed by atoms with Crippen molar-refractivity contribution in [2.24, 2.45) is 0 Å². The molecule has 0 fully saturated rings. The van der Waals surface area contributed by atoms with Crippen molar-refractivity contribution in [2.45, 2.75) is 19.4 Å². The van der Waals surface area contributed by atoms with Crippen molar-refractivity contribution in [1.82, 2.24) is 5.32 Å². The highest BCUT2D eigenvalue weighted by atomic mass is 16.5. The average Bonchev–Trinajstić information content (AvgIpc) is 2.51. The molecule has 21 heavy (non-hydrogen) atoms. The third-order valence-electron chi connectivity index (χ3n) is 3.32. The molecule has 0 aliphatic rings. The summed E-state index contributed by atoms with van der Waals surface area (Å²) in [7, 11) is 1.75. The average molecular weight is 287 g/mol. The largest absolute Gasteiger partial charge is 0.493 e. The molecule has 0 amide bonds. The SMILES string of the molecule is CCOC(=O)C(CCOc1ccc2ccccc2c1)NC. The topological polar surface area (TPSA) is 47.6 Å². The van der Waals surface area contributed by atoms with Crippen LogP contribution in [0.3, 0.4) is 0 Å². The fourth-order valence-corrected chi connectivity index (χ4v) is 2.17. The predicted octanol–water partition coefficient (Wildman–Crippen LogP) is 2.76. The number of ether oxygens (including phenoxy) is 2. The second-order valence-electron chi connectivity index (χ2n) is 4.74. The molecule has 4 heteroatoms. The Hall–Kier alpha value is -2.07. The van der Waals surface area contributed by atoms with E-state index in [1.54, 1.807) is 14.0 Å². The van der Waals surface area contributed by atoms with E-state index in [0.717, 1.165) is 11.1 Å². The van der Waals surface area contributed by atoms with E-state index in [4.69, 9.17) is 9.47 Å². The lowest BCUT2D eigenvalue weighted by Crippen LogP contribution is -2.36. The summed E-state index contributed by atoms with van der Waals surface area (Å²) in [5.74, 6) is 0.578. The van der Waals surface area contributed by atoms with Crippen LogP contribution in [0.25, 0.3) is 10.8 Å². The van der Waals surface area contributed by atoms with E-state index < -0.39 is 0 Å². The van der Waals surface area contributed by atoms with Crippen LogP contribution in [-0.4, -0.2) is 32.3 Å². The van der Waals surface area contributed by atoms with E-state index in [-0.39, 0.29) is 12.0 Å². The van der Waals surface area contributed by atoms with Crippen LogP contribution in [0.4, 0.5) is 0 Å². The zero-order valence-electron chi connectivity index (χ0n) is 12.5. The van der Waals surface area contributed by atoms with Gasteiger partial charge in [0.2, 0.25) is 0 Å². The molecule has 0 heterocycles. The summed E-state index contributed by atoms with van der Waals surface area (Å²) >= 11 is 0. The van der Waals surface area contributed by atoms with Crippen molar-refractivity contribution in [1.29, 1.82) is 0 Å². The molecule has 0 aliphatic carbocycles. The third kappa shape index (κ3) is 4.20. The fraction of sp³-hybridized carbons (Fsp3) is 0.353. The van der Waals surface area contributed by atoms with Gasteiger partial charge in [0, 0.05) is 6.42 Å². The molecule has 0 aliphatic heterocycles. The molecule has 2 aromatic rings. The van der Waals surface area contributed by atoms with Gasteiger partial charge < -0.3 is 14.8 Å². The van der Waals surface area contributed by atoms with Crippen LogP contribution in [-0.2, 0) is 9.53 Å². The van der Waals surface area contributed by atoms with Gasteiger partial charge in [0.15, 0.2) is 0 Å². The van der Waals surface area contributed by atoms with Crippen LogP contribution < -0.4 is 10.1 Å². The number of esters is 1. The van der Waals surface area contributed by atoms with E-state index in [1.807, 2.05) is 30.3 Å². The molecule has 0 bridgehead atoms. The molecule has 0 saturated heterocycles. The van der Waals surface area contributed by atoms with Gasteiger partial charge in [-0.25, -0.2) is 0 Å². The van der Waals surface area contributed by atoms with Gasteiger partial charge in [-0.15, -0.1) is 0 Å². The molecule has 4 nitrogen and oxygen atoms in total. The zero-order chi connectivity index (χ0) is 15.1. The highest BCUT2D eigenvalue weighted by molar-refractivity contribution is 5.83. The van der Waals surface area contributed by atoms with Crippen LogP contribution in [0.1, 0.15) is 13.3 Å². The van der Waals surface area contributed by atoms with Crippen LogP contribution in [0.15, 0.2) is 42.5 Å². The number of fused-ring (bicyclic) bond motifs is 1. The molecule has 1 atom stereocenters. The van der Waals surface area contributed by atoms with Gasteiger partial charge in [0.1, 0.15) is 11.8 Å². The van der Waals surface area contributed by atoms with E-state index in [1.165, 1.54) is 5.39 Å². The second-order valence-corrected chi connectivity index (χ2v) is 4.74. The summed E-state index contributed by atoms with van der Waals surface area (Å²) in [6.07, 6.45) is 0.572. The van der Waals surface area contributed by atoms with Crippen molar-refractivity contribution in [3.63, 3.8) is 0 Å². The molecular weight excluding hydrogens is 266 g/mol. The molecule has 2 rings (SSSR count). The third-order valence-corrected chi connectivity index (χ3v) is 3.32. The van der Waals surface area contributed by atoms with Gasteiger partial charge in [-0.1, -0.05) is 30.3 Å². The minimum Gasteiger partial charge on any atom is -0.493 e. The molecule has 1 N–H and O–H groups in total. The number of hydrogen-bond donors (Lipinski definition) is 1. The Labute approximate surface area is 125 Å². The first-order valence-electron chi connectivity index (χ1n) is 7.20. The second kappa shape index (κ2) is 7.64. The zero-order valence-corrected chi connectivity index (χ0v) is 12.5. The molecule has 0 spiro atoms. The fourth-order valence-electron chi connectivity index (χ4n) is 2.17. The maximum atomic E-state index is 11.7. The Morgan fingerprint density at radius 2 is 1.95 bits per heavy atom. The van der Waals surface area contributed by atoms with E-state index in [0.29, 0.717) is 19.6 Å². The van der Waals surface area contributed by atoms with Gasteiger partial charge in [-0.05, 0) is 36.9 Å². The van der Waals surface area contributed by atoms with E-state index in [9.17, 15) is 4.79 Å². The van der Waals surface area contributed by atoms with Crippen molar-refractivity contribution < 1.29 is 14.3 Å². The predicted molar refractivity (Wildman–Crippen MR) is 83.5 cm³/mol. The maximum absolute atomic E-state index is 11.7. The summed E-state index contributed by atoms with van der Waals surface area (Å²) in [5, 5.41) is 5.28. The lowest BCUT2D eigenvalue weighted by Gasteiger charge is -2.15. The van der Waals surface area contributed by atoms with Gasteiger partial charge in [-0.2, -0.15) is 0 Å². The minimum atomic E-state index is -0.328. The van der Waals surface area contributed by atoms with Crippen LogP contribution in [0.2, 0.25) is 0 Å². The maximum Gasteiger partial charge on any atom is 0.323 e. The van der Waals surface area contributed by atoms with Gasteiger partial charge >= 0.3 is 5.97 Å². The summed E-state index contributed by atoms with van der Waals surface area (Å²) in [6, 6.07) is 13.8. The molecule has 0 saturated carbocycles. The Morgan fingerprint density at radius 1 is 1.19 bits per heavy atom. The Bertz CT molecular complexity index is 597. The number of hydrogen-bond acceptors (Lipinski definition) is 4. The quantitative estimate of drug-likeness (QED) is 0.795. The summed E-state index contributed by atoms with van der Waals surface area (Å²) < 4.78 is 10.7. The number of rotatable bonds is 7. The van der Waals surface area contributed by atoms with Crippen LogP contribution in [0, 0.1) is 0 Å². The van der Waals surface area contributed by atoms with Gasteiger partial charge in [0.25, 0.3) is 0 Å². The molecule has 1 unspecified atom stereocenters. The molecular formula is C17H21NO3. The molecule has 2 aromatic carbocycles. The minimum absolute atomic E-state index is 0.234. The van der Waals surface area contributed by atoms with Crippen molar-refractivity contribution in [3.05, 3.63) is 42.5 Å². The van der Waals surface area contributed by atoms with Crippen molar-refractivity contribution in [3.8, 4) is 5.75 Å². The lowest BCUT2D eigenvalue weighted by atomic mass is 10.1. The highest BCUT2D eigenvalue weighted by Crippen LogP contribution is 2.20. The first-order valence-corrected chi connectivity index (χ1v) is 7.20. The summed E-state index contributed by atoms with van der Waals surface area (Å²) in [6.45, 7) is 2.65. The monoisotopic (exact) mass is 287 g/mol. The van der Waals surface area contributed by atoms with Crippen molar-refractivity contribution in [2.75, 3.05) is 20.3 Å². The summed E-state index contributed by atoms with van der Waals surface area (Å²) in [5.41, 5.74) is 0. The standard InChI is InChI=1S/C17H21NO3/c1-3-20-17(19)16(18-2)10-11-21-15-9-8-13-6-4-5-7-14(13)12-15/h4-9,12,16,18H,3,10-11H2,1-2H3. The highest BCUT2D eigenvalue weighted by Gasteiger charge is 2.17. The normalized spacial score (nSPS) is 12.1. The van der Waals surface area contributed by atoms with Crippen molar-refractivity contribution >= 4 is 16.7 Å².